The summed E-state index contributed by atoms with van der Waals surface area (Å²) < 4.78 is 0. The second-order valence-electron chi connectivity index (χ2n) is 5.40. The van der Waals surface area contributed by atoms with Crippen LogP contribution in [0.15, 0.2) is 24.4 Å². The average molecular weight is 233 g/mol. The van der Waals surface area contributed by atoms with E-state index in [-0.39, 0.29) is 10.9 Å². The Morgan fingerprint density at radius 1 is 1.25 bits per heavy atom. The minimum Gasteiger partial charge on any atom is -0.357 e. The van der Waals surface area contributed by atoms with Crippen LogP contribution in [0.25, 0.3) is 6.08 Å². The summed E-state index contributed by atoms with van der Waals surface area (Å²) in [4.78, 5) is 2.29. The van der Waals surface area contributed by atoms with Crippen molar-refractivity contribution in [3.05, 3.63) is 41.1 Å². The van der Waals surface area contributed by atoms with Crippen LogP contribution in [-0.4, -0.2) is 10.4 Å². The lowest BCUT2D eigenvalue weighted by molar-refractivity contribution is 0.192. The fraction of sp³-hybridized carbons (Fsp3) is 0.429. The molecule has 2 rings (SSSR count). The molecule has 1 nitrogen and oxygen atoms in total. The molecule has 1 unspecified atom stereocenters. The second-order valence-corrected chi connectivity index (χ2v) is 5.89. The second kappa shape index (κ2) is 3.85. The molecule has 0 radical (unpaired) electrons. The van der Waals surface area contributed by atoms with E-state index in [1.807, 2.05) is 0 Å². The van der Waals surface area contributed by atoms with Gasteiger partial charge in [0.05, 0.1) is 5.37 Å². The van der Waals surface area contributed by atoms with Gasteiger partial charge in [0.15, 0.2) is 0 Å². The first kappa shape index (κ1) is 11.6. The van der Waals surface area contributed by atoms with Gasteiger partial charge in [-0.15, -0.1) is 12.6 Å². The molecule has 0 amide bonds. The molecule has 0 aromatic heterocycles. The molecular formula is C14H19NS. The summed E-state index contributed by atoms with van der Waals surface area (Å²) in [6, 6.07) is 6.56. The zero-order valence-corrected chi connectivity index (χ0v) is 11.3. The third kappa shape index (κ3) is 1.99. The van der Waals surface area contributed by atoms with Crippen molar-refractivity contribution < 1.29 is 0 Å². The third-order valence-corrected chi connectivity index (χ3v) is 3.50. The van der Waals surface area contributed by atoms with Crippen molar-refractivity contribution in [2.75, 3.05) is 0 Å². The van der Waals surface area contributed by atoms with E-state index >= 15 is 0 Å². The summed E-state index contributed by atoms with van der Waals surface area (Å²) in [5.74, 6) is 0. The maximum Gasteiger partial charge on any atom is 0.0982 e. The highest BCUT2D eigenvalue weighted by Gasteiger charge is 2.28. The smallest absolute Gasteiger partial charge is 0.0982 e. The van der Waals surface area contributed by atoms with Crippen molar-refractivity contribution >= 4 is 18.7 Å². The highest BCUT2D eigenvalue weighted by atomic mass is 32.1. The van der Waals surface area contributed by atoms with Crippen LogP contribution in [0.3, 0.4) is 0 Å². The van der Waals surface area contributed by atoms with E-state index in [0.717, 1.165) is 0 Å². The monoisotopic (exact) mass is 233 g/mol. The van der Waals surface area contributed by atoms with Crippen LogP contribution in [0.4, 0.5) is 0 Å². The molecule has 2 heteroatoms. The first-order valence-corrected chi connectivity index (χ1v) is 6.16. The highest BCUT2D eigenvalue weighted by Crippen LogP contribution is 2.37. The Kier molecular flexibility index (Phi) is 2.79. The Hall–Kier alpha value is -0.890. The fourth-order valence-electron chi connectivity index (χ4n) is 2.06. The summed E-state index contributed by atoms with van der Waals surface area (Å²) in [6.07, 6.45) is 4.33. The van der Waals surface area contributed by atoms with Gasteiger partial charge >= 0.3 is 0 Å². The number of benzene rings is 1. The number of thiol groups is 1. The highest BCUT2D eigenvalue weighted by molar-refractivity contribution is 7.80. The predicted molar refractivity (Wildman–Crippen MR) is 73.5 cm³/mol. The molecule has 1 aromatic rings. The van der Waals surface area contributed by atoms with Gasteiger partial charge in [-0.1, -0.05) is 23.8 Å². The van der Waals surface area contributed by atoms with E-state index < -0.39 is 0 Å². The van der Waals surface area contributed by atoms with E-state index in [1.54, 1.807) is 0 Å². The van der Waals surface area contributed by atoms with Gasteiger partial charge in [0.2, 0.25) is 0 Å². The molecule has 0 fully saturated rings. The summed E-state index contributed by atoms with van der Waals surface area (Å²) in [5, 5.41) is 0.153. The van der Waals surface area contributed by atoms with Crippen LogP contribution >= 0.6 is 12.6 Å². The summed E-state index contributed by atoms with van der Waals surface area (Å²) >= 11 is 4.74. The van der Waals surface area contributed by atoms with Gasteiger partial charge in [-0.25, -0.2) is 0 Å². The zero-order chi connectivity index (χ0) is 11.9. The molecule has 0 saturated heterocycles. The molecule has 0 spiro atoms. The van der Waals surface area contributed by atoms with Crippen LogP contribution in [0.5, 0.6) is 0 Å². The van der Waals surface area contributed by atoms with E-state index in [2.05, 4.69) is 63.1 Å². The summed E-state index contributed by atoms with van der Waals surface area (Å²) in [6.45, 7) is 8.75. The maximum atomic E-state index is 4.74. The Morgan fingerprint density at radius 2 is 1.94 bits per heavy atom. The number of hydrogen-bond acceptors (Lipinski definition) is 2. The van der Waals surface area contributed by atoms with E-state index in [0.29, 0.717) is 0 Å². The lowest BCUT2D eigenvalue weighted by Gasteiger charge is -2.41. The lowest BCUT2D eigenvalue weighted by atomic mass is 9.97. The molecule has 0 saturated carbocycles. The molecule has 86 valence electrons. The molecule has 1 aliphatic rings. The van der Waals surface area contributed by atoms with Gasteiger partial charge in [-0.2, -0.15) is 0 Å². The number of rotatable bonds is 0. The quantitative estimate of drug-likeness (QED) is 0.663. The molecule has 0 bridgehead atoms. The van der Waals surface area contributed by atoms with Crippen molar-refractivity contribution in [3.8, 4) is 0 Å². The maximum absolute atomic E-state index is 4.74. The minimum absolute atomic E-state index is 0.103. The molecular weight excluding hydrogens is 214 g/mol. The van der Waals surface area contributed by atoms with Crippen LogP contribution in [-0.2, 0) is 0 Å². The first-order valence-electron chi connectivity index (χ1n) is 5.65. The van der Waals surface area contributed by atoms with E-state index in [4.69, 9.17) is 12.6 Å². The standard InChI is InChI=1S/C14H19NS/c1-10-5-6-12-11(9-10)7-8-15(13(12)16)14(2,3)4/h5-9,13,16H,1-4H3. The molecule has 0 aliphatic carbocycles. The number of fused-ring (bicyclic) bond motifs is 1. The molecule has 16 heavy (non-hydrogen) atoms. The van der Waals surface area contributed by atoms with Gasteiger partial charge in [0.1, 0.15) is 0 Å². The van der Waals surface area contributed by atoms with Crippen molar-refractivity contribution in [1.29, 1.82) is 0 Å². The van der Waals surface area contributed by atoms with Crippen LogP contribution in [0.2, 0.25) is 0 Å². The van der Waals surface area contributed by atoms with Gasteiger partial charge in [-0.05, 0) is 44.9 Å². The molecule has 0 N–H and O–H groups in total. The molecule has 1 aliphatic heterocycles. The van der Waals surface area contributed by atoms with Crippen LogP contribution in [0, 0.1) is 6.92 Å². The Bertz CT molecular complexity index is 429. The fourth-order valence-corrected chi connectivity index (χ4v) is 2.71. The Balaban J connectivity index is 2.43. The lowest BCUT2D eigenvalue weighted by Crippen LogP contribution is -2.39. The van der Waals surface area contributed by atoms with Crippen molar-refractivity contribution in [1.82, 2.24) is 4.90 Å². The van der Waals surface area contributed by atoms with E-state index in [9.17, 15) is 0 Å². The number of aryl methyl sites for hydroxylation is 1. The average Bonchev–Trinajstić information content (AvgIpc) is 2.15. The first-order chi connectivity index (χ1) is 7.39. The number of hydrogen-bond donors (Lipinski definition) is 1. The Morgan fingerprint density at radius 3 is 2.56 bits per heavy atom. The Labute approximate surface area is 104 Å². The largest absolute Gasteiger partial charge is 0.357 e. The van der Waals surface area contributed by atoms with Crippen molar-refractivity contribution in [2.24, 2.45) is 0 Å². The van der Waals surface area contributed by atoms with Crippen molar-refractivity contribution in [2.45, 2.75) is 38.6 Å². The van der Waals surface area contributed by atoms with Gasteiger partial charge in [-0.3, -0.25) is 0 Å². The van der Waals surface area contributed by atoms with Gasteiger partial charge < -0.3 is 4.90 Å². The molecule has 1 aromatic carbocycles. The summed E-state index contributed by atoms with van der Waals surface area (Å²) in [5.41, 5.74) is 3.99. The molecule has 1 heterocycles. The summed E-state index contributed by atoms with van der Waals surface area (Å²) in [7, 11) is 0. The van der Waals surface area contributed by atoms with Crippen LogP contribution in [0.1, 0.15) is 42.8 Å². The van der Waals surface area contributed by atoms with Crippen LogP contribution < -0.4 is 0 Å². The topological polar surface area (TPSA) is 3.24 Å². The normalized spacial score (nSPS) is 19.8. The number of nitrogens with zero attached hydrogens (tertiary/aromatic N) is 1. The third-order valence-electron chi connectivity index (χ3n) is 2.97. The van der Waals surface area contributed by atoms with Crippen molar-refractivity contribution in [3.63, 3.8) is 0 Å². The van der Waals surface area contributed by atoms with Gasteiger partial charge in [0.25, 0.3) is 0 Å². The zero-order valence-electron chi connectivity index (χ0n) is 10.4. The van der Waals surface area contributed by atoms with E-state index in [1.165, 1.54) is 16.7 Å². The molecule has 1 atom stereocenters. The van der Waals surface area contributed by atoms with Gasteiger partial charge in [0, 0.05) is 11.7 Å². The predicted octanol–water partition coefficient (Wildman–Crippen LogP) is 4.01. The SMILES string of the molecule is Cc1ccc2c(c1)C=CN(C(C)(C)C)C2S. The minimum atomic E-state index is 0.103.